The fourth-order valence-electron chi connectivity index (χ4n) is 5.79. The lowest BCUT2D eigenvalue weighted by atomic mass is 9.72. The smallest absolute Gasteiger partial charge is 0.123 e. The molecule has 0 aromatic heterocycles. The van der Waals surface area contributed by atoms with Gasteiger partial charge in [-0.05, 0) is 73.1 Å². The number of hydrogen-bond donors (Lipinski definition) is 0. The second-order valence-corrected chi connectivity index (χ2v) is 10.2. The number of halogens is 1. The second-order valence-electron chi connectivity index (χ2n) is 10.2. The standard InChI is InChI=1S/C27H37FN2/c1-5-6-23-13-20(16-30-17-27(3,18-30)15-19(2)29-4)14-25(21-7-8-21)26(23)22-9-11-24(28)12-10-22/h9-14,21,25-26H,5-8,15-18H2,1-4H3/b29-19-. The molecule has 0 bridgehead atoms. The molecule has 0 spiro atoms. The molecule has 0 amide bonds. The van der Waals surface area contributed by atoms with Crippen molar-refractivity contribution in [2.24, 2.45) is 22.2 Å². The van der Waals surface area contributed by atoms with Crippen molar-refractivity contribution in [2.45, 2.75) is 58.8 Å². The van der Waals surface area contributed by atoms with Crippen molar-refractivity contribution in [3.8, 4) is 0 Å². The molecule has 1 aromatic rings. The molecule has 30 heavy (non-hydrogen) atoms. The summed E-state index contributed by atoms with van der Waals surface area (Å²) in [4.78, 5) is 6.95. The molecule has 1 aromatic carbocycles. The summed E-state index contributed by atoms with van der Waals surface area (Å²) in [5, 5.41) is 0. The Bertz CT molecular complexity index is 838. The second kappa shape index (κ2) is 8.78. The van der Waals surface area contributed by atoms with E-state index in [4.69, 9.17) is 0 Å². The Labute approximate surface area is 182 Å². The molecule has 1 heterocycles. The summed E-state index contributed by atoms with van der Waals surface area (Å²) in [6.07, 6.45) is 11.1. The van der Waals surface area contributed by atoms with Gasteiger partial charge in [-0.15, -0.1) is 0 Å². The zero-order chi connectivity index (χ0) is 21.3. The van der Waals surface area contributed by atoms with E-state index in [1.165, 1.54) is 29.7 Å². The SMILES string of the molecule is CCCC1=CC(CN2CC(C)(C/C(C)=N\C)C2)=CC(C2CC2)C1c1ccc(F)cc1. The number of rotatable bonds is 8. The normalized spacial score (nSPS) is 26.8. The molecule has 3 heteroatoms. The maximum Gasteiger partial charge on any atom is 0.123 e. The minimum absolute atomic E-state index is 0.140. The number of hydrogen-bond acceptors (Lipinski definition) is 2. The summed E-state index contributed by atoms with van der Waals surface area (Å²) in [6, 6.07) is 7.28. The Morgan fingerprint density at radius 2 is 1.90 bits per heavy atom. The number of benzene rings is 1. The predicted octanol–water partition coefficient (Wildman–Crippen LogP) is 6.40. The number of allylic oxidation sites excluding steroid dienone is 2. The molecular weight excluding hydrogens is 371 g/mol. The molecule has 1 aliphatic heterocycles. The molecule has 0 N–H and O–H groups in total. The first-order valence-electron chi connectivity index (χ1n) is 11.7. The first kappa shape index (κ1) is 21.5. The van der Waals surface area contributed by atoms with Gasteiger partial charge in [-0.2, -0.15) is 0 Å². The molecule has 2 aliphatic carbocycles. The monoisotopic (exact) mass is 408 g/mol. The third-order valence-corrected chi connectivity index (χ3v) is 7.18. The number of aliphatic imine (C=N–C) groups is 1. The Morgan fingerprint density at radius 1 is 1.20 bits per heavy atom. The van der Waals surface area contributed by atoms with Crippen molar-refractivity contribution in [1.82, 2.24) is 4.90 Å². The molecule has 0 radical (unpaired) electrons. The highest BCUT2D eigenvalue weighted by molar-refractivity contribution is 5.82. The highest BCUT2D eigenvalue weighted by Gasteiger charge is 2.41. The third kappa shape index (κ3) is 4.77. The van der Waals surface area contributed by atoms with Gasteiger partial charge in [0.1, 0.15) is 5.82 Å². The fraction of sp³-hybridized carbons (Fsp3) is 0.593. The van der Waals surface area contributed by atoms with Gasteiger partial charge in [0.25, 0.3) is 0 Å². The van der Waals surface area contributed by atoms with Crippen molar-refractivity contribution in [2.75, 3.05) is 26.7 Å². The van der Waals surface area contributed by atoms with Crippen molar-refractivity contribution < 1.29 is 4.39 Å². The van der Waals surface area contributed by atoms with Crippen LogP contribution >= 0.6 is 0 Å². The number of nitrogens with zero attached hydrogens (tertiary/aromatic N) is 2. The van der Waals surface area contributed by atoms with Gasteiger partial charge in [-0.1, -0.05) is 50.1 Å². The third-order valence-electron chi connectivity index (χ3n) is 7.18. The molecule has 2 nitrogen and oxygen atoms in total. The fourth-order valence-corrected chi connectivity index (χ4v) is 5.79. The molecule has 2 unspecified atom stereocenters. The zero-order valence-electron chi connectivity index (χ0n) is 19.1. The highest BCUT2D eigenvalue weighted by atomic mass is 19.1. The van der Waals surface area contributed by atoms with Crippen molar-refractivity contribution >= 4 is 5.71 Å². The van der Waals surface area contributed by atoms with E-state index in [0.717, 1.165) is 44.8 Å². The lowest BCUT2D eigenvalue weighted by molar-refractivity contribution is 0.0303. The Morgan fingerprint density at radius 3 is 2.50 bits per heavy atom. The van der Waals surface area contributed by atoms with Gasteiger partial charge in [-0.25, -0.2) is 4.39 Å². The van der Waals surface area contributed by atoms with Crippen LogP contribution in [0.2, 0.25) is 0 Å². The first-order valence-corrected chi connectivity index (χ1v) is 11.7. The Hall–Kier alpha value is -1.74. The molecule has 1 saturated heterocycles. The average Bonchev–Trinajstić information content (AvgIpc) is 3.53. The van der Waals surface area contributed by atoms with Crippen LogP contribution in [0.4, 0.5) is 4.39 Å². The zero-order valence-corrected chi connectivity index (χ0v) is 19.1. The average molecular weight is 409 g/mol. The van der Waals surface area contributed by atoms with Crippen LogP contribution in [0.3, 0.4) is 0 Å². The van der Waals surface area contributed by atoms with E-state index in [2.05, 4.69) is 42.8 Å². The summed E-state index contributed by atoms with van der Waals surface area (Å²) >= 11 is 0. The van der Waals surface area contributed by atoms with Crippen LogP contribution in [0.15, 0.2) is 52.6 Å². The molecular formula is C27H37FN2. The Kier molecular flexibility index (Phi) is 6.29. The van der Waals surface area contributed by atoms with Crippen molar-refractivity contribution in [1.29, 1.82) is 0 Å². The van der Waals surface area contributed by atoms with Gasteiger partial charge in [0.2, 0.25) is 0 Å². The van der Waals surface area contributed by atoms with E-state index in [9.17, 15) is 4.39 Å². The van der Waals surface area contributed by atoms with E-state index in [1.54, 1.807) is 17.7 Å². The Balaban J connectivity index is 1.51. The minimum Gasteiger partial charge on any atom is -0.298 e. The van der Waals surface area contributed by atoms with Gasteiger partial charge in [0, 0.05) is 38.3 Å². The van der Waals surface area contributed by atoms with Crippen LogP contribution in [-0.2, 0) is 0 Å². The lowest BCUT2D eigenvalue weighted by Gasteiger charge is -2.49. The van der Waals surface area contributed by atoms with Crippen LogP contribution in [0.1, 0.15) is 64.4 Å². The van der Waals surface area contributed by atoms with Gasteiger partial charge < -0.3 is 0 Å². The summed E-state index contributed by atoms with van der Waals surface area (Å²) < 4.78 is 13.5. The molecule has 3 aliphatic rings. The molecule has 2 fully saturated rings. The molecule has 2 atom stereocenters. The van der Waals surface area contributed by atoms with Gasteiger partial charge in [0.15, 0.2) is 0 Å². The molecule has 1 saturated carbocycles. The predicted molar refractivity (Wildman–Crippen MR) is 125 cm³/mol. The summed E-state index contributed by atoms with van der Waals surface area (Å²) in [6.45, 7) is 10.2. The first-order chi connectivity index (χ1) is 14.4. The van der Waals surface area contributed by atoms with Crippen LogP contribution in [0.25, 0.3) is 0 Å². The van der Waals surface area contributed by atoms with E-state index in [1.807, 2.05) is 19.2 Å². The van der Waals surface area contributed by atoms with Crippen molar-refractivity contribution in [3.05, 3.63) is 58.9 Å². The summed E-state index contributed by atoms with van der Waals surface area (Å²) in [5.74, 6) is 1.64. The quantitative estimate of drug-likeness (QED) is 0.454. The largest absolute Gasteiger partial charge is 0.298 e. The van der Waals surface area contributed by atoms with Crippen molar-refractivity contribution in [3.63, 3.8) is 0 Å². The number of likely N-dealkylation sites (tertiary alicyclic amines) is 1. The van der Waals surface area contributed by atoms with Crippen LogP contribution in [-0.4, -0.2) is 37.3 Å². The molecule has 162 valence electrons. The van der Waals surface area contributed by atoms with Crippen LogP contribution < -0.4 is 0 Å². The van der Waals surface area contributed by atoms with Gasteiger partial charge >= 0.3 is 0 Å². The van der Waals surface area contributed by atoms with Crippen LogP contribution in [0.5, 0.6) is 0 Å². The summed E-state index contributed by atoms with van der Waals surface area (Å²) in [7, 11) is 1.90. The van der Waals surface area contributed by atoms with Gasteiger partial charge in [-0.3, -0.25) is 9.89 Å². The van der Waals surface area contributed by atoms with E-state index in [-0.39, 0.29) is 5.82 Å². The molecule has 4 rings (SSSR count). The van der Waals surface area contributed by atoms with Crippen LogP contribution in [0, 0.1) is 23.1 Å². The van der Waals surface area contributed by atoms with E-state index >= 15 is 0 Å². The topological polar surface area (TPSA) is 15.6 Å². The van der Waals surface area contributed by atoms with E-state index < -0.39 is 0 Å². The van der Waals surface area contributed by atoms with Gasteiger partial charge in [0.05, 0.1) is 0 Å². The van der Waals surface area contributed by atoms with E-state index in [0.29, 0.717) is 17.3 Å². The maximum atomic E-state index is 13.5. The lowest BCUT2D eigenvalue weighted by Crippen LogP contribution is -2.55. The minimum atomic E-state index is -0.140. The maximum absolute atomic E-state index is 13.5. The summed E-state index contributed by atoms with van der Waals surface area (Å²) in [5.41, 5.74) is 5.97. The highest BCUT2D eigenvalue weighted by Crippen LogP contribution is 2.51.